The minimum atomic E-state index is -3.79. The second-order valence-electron chi connectivity index (χ2n) is 8.55. The van der Waals surface area contributed by atoms with Crippen molar-refractivity contribution in [2.45, 2.75) is 38.1 Å². The predicted molar refractivity (Wildman–Crippen MR) is 125 cm³/mol. The Morgan fingerprint density at radius 1 is 1.00 bits per heavy atom. The van der Waals surface area contributed by atoms with Crippen molar-refractivity contribution in [2.75, 3.05) is 11.1 Å². The Kier molecular flexibility index (Phi) is 4.97. The third-order valence-corrected chi connectivity index (χ3v) is 6.47. The molecule has 0 bridgehead atoms. The number of rotatable bonds is 4. The summed E-state index contributed by atoms with van der Waals surface area (Å²) in [5.74, 6) is 0.690. The van der Waals surface area contributed by atoms with E-state index in [0.717, 1.165) is 10.9 Å². The van der Waals surface area contributed by atoms with E-state index >= 15 is 0 Å². The highest BCUT2D eigenvalue weighted by molar-refractivity contribution is 7.90. The number of aromatic nitrogens is 3. The van der Waals surface area contributed by atoms with Crippen LogP contribution in [0.15, 0.2) is 65.7 Å². The topological polar surface area (TPSA) is 103 Å². The van der Waals surface area contributed by atoms with Crippen LogP contribution in [0.25, 0.3) is 22.2 Å². The van der Waals surface area contributed by atoms with Gasteiger partial charge in [0.1, 0.15) is 5.82 Å². The fourth-order valence-corrected chi connectivity index (χ4v) is 4.80. The van der Waals surface area contributed by atoms with Crippen molar-refractivity contribution in [3.8, 4) is 11.3 Å². The summed E-state index contributed by atoms with van der Waals surface area (Å²) in [4.78, 5) is 8.87. The fraction of sp³-hybridized carbons (Fsp3) is 0.217. The molecule has 3 N–H and O–H groups in total. The van der Waals surface area contributed by atoms with Gasteiger partial charge in [-0.2, -0.15) is 4.98 Å². The van der Waals surface area contributed by atoms with Crippen molar-refractivity contribution >= 4 is 32.7 Å². The molecule has 4 aromatic rings. The maximum absolute atomic E-state index is 13.4. The first kappa shape index (κ1) is 20.9. The smallest absolute Gasteiger partial charge is 0.268 e. The van der Waals surface area contributed by atoms with Crippen molar-refractivity contribution < 1.29 is 8.42 Å². The zero-order valence-corrected chi connectivity index (χ0v) is 18.7. The van der Waals surface area contributed by atoms with Gasteiger partial charge in [0.05, 0.1) is 16.1 Å². The van der Waals surface area contributed by atoms with E-state index in [0.29, 0.717) is 22.6 Å². The SMILES string of the molecule is Cc1ccc(S(=O)(=O)n2cc(-c3cc(NC(C)(C)C)nc(N)n3)c3ccccc32)cc1. The summed E-state index contributed by atoms with van der Waals surface area (Å²) < 4.78 is 28.1. The van der Waals surface area contributed by atoms with E-state index in [1.165, 1.54) is 3.97 Å². The van der Waals surface area contributed by atoms with Crippen LogP contribution in [0, 0.1) is 6.92 Å². The molecule has 8 heteroatoms. The number of fused-ring (bicyclic) bond motifs is 1. The molecule has 2 aromatic carbocycles. The molecule has 31 heavy (non-hydrogen) atoms. The van der Waals surface area contributed by atoms with E-state index in [1.54, 1.807) is 42.6 Å². The monoisotopic (exact) mass is 435 g/mol. The molecule has 0 spiro atoms. The second kappa shape index (κ2) is 7.39. The first-order valence-electron chi connectivity index (χ1n) is 9.90. The van der Waals surface area contributed by atoms with Crippen LogP contribution in [0.4, 0.5) is 11.8 Å². The molecule has 0 atom stereocenters. The zero-order valence-electron chi connectivity index (χ0n) is 17.9. The Morgan fingerprint density at radius 3 is 2.35 bits per heavy atom. The van der Waals surface area contributed by atoms with Gasteiger partial charge in [0.15, 0.2) is 0 Å². The standard InChI is InChI=1S/C23H25N5O2S/c1-15-9-11-16(12-10-15)31(29,30)28-14-18(17-7-5-6-8-20(17)28)19-13-21(26-22(24)25-19)27-23(2,3)4/h5-14H,1-4H3,(H3,24,25,26,27). The molecular formula is C23H25N5O2S. The number of nitrogens with one attached hydrogen (secondary N) is 1. The minimum absolute atomic E-state index is 0.113. The number of nitrogen functional groups attached to an aromatic ring is 1. The van der Waals surface area contributed by atoms with Gasteiger partial charge in [0.2, 0.25) is 5.95 Å². The zero-order chi connectivity index (χ0) is 22.4. The van der Waals surface area contributed by atoms with Gasteiger partial charge in [-0.25, -0.2) is 17.4 Å². The molecule has 0 saturated heterocycles. The van der Waals surface area contributed by atoms with Crippen LogP contribution in [0.5, 0.6) is 0 Å². The van der Waals surface area contributed by atoms with Crippen LogP contribution in [-0.2, 0) is 10.0 Å². The second-order valence-corrected chi connectivity index (χ2v) is 10.4. The van der Waals surface area contributed by atoms with E-state index in [-0.39, 0.29) is 16.4 Å². The van der Waals surface area contributed by atoms with Gasteiger partial charge in [-0.15, -0.1) is 0 Å². The fourth-order valence-electron chi connectivity index (χ4n) is 3.43. The van der Waals surface area contributed by atoms with Gasteiger partial charge >= 0.3 is 0 Å². The number of hydrogen-bond donors (Lipinski definition) is 2. The van der Waals surface area contributed by atoms with Crippen LogP contribution in [0.3, 0.4) is 0 Å². The van der Waals surface area contributed by atoms with Crippen LogP contribution in [-0.4, -0.2) is 27.9 Å². The number of para-hydroxylation sites is 1. The third-order valence-electron chi connectivity index (χ3n) is 4.78. The Bertz CT molecular complexity index is 1370. The molecule has 2 heterocycles. The summed E-state index contributed by atoms with van der Waals surface area (Å²) >= 11 is 0. The first-order chi connectivity index (χ1) is 14.5. The van der Waals surface area contributed by atoms with Crippen LogP contribution >= 0.6 is 0 Å². The lowest BCUT2D eigenvalue weighted by Crippen LogP contribution is -2.27. The molecule has 0 radical (unpaired) electrons. The van der Waals surface area contributed by atoms with Crippen molar-refractivity contribution in [3.63, 3.8) is 0 Å². The highest BCUT2D eigenvalue weighted by Crippen LogP contribution is 2.33. The highest BCUT2D eigenvalue weighted by Gasteiger charge is 2.23. The number of benzene rings is 2. The molecule has 0 saturated carbocycles. The van der Waals surface area contributed by atoms with Crippen molar-refractivity contribution in [1.82, 2.24) is 13.9 Å². The summed E-state index contributed by atoms with van der Waals surface area (Å²) in [6, 6.07) is 15.9. The Labute approximate surface area is 182 Å². The Hall–Kier alpha value is -3.39. The highest BCUT2D eigenvalue weighted by atomic mass is 32.2. The summed E-state index contributed by atoms with van der Waals surface area (Å²) in [7, 11) is -3.79. The molecule has 0 aliphatic carbocycles. The molecule has 7 nitrogen and oxygen atoms in total. The minimum Gasteiger partial charge on any atom is -0.368 e. The number of nitrogens with two attached hydrogens (primary N) is 1. The number of hydrogen-bond acceptors (Lipinski definition) is 6. The molecule has 0 fully saturated rings. The van der Waals surface area contributed by atoms with Gasteiger partial charge in [0, 0.05) is 28.8 Å². The van der Waals surface area contributed by atoms with E-state index in [1.807, 2.05) is 45.9 Å². The lowest BCUT2D eigenvalue weighted by atomic mass is 10.1. The van der Waals surface area contributed by atoms with Gasteiger partial charge < -0.3 is 11.1 Å². The molecular weight excluding hydrogens is 410 g/mol. The summed E-state index contributed by atoms with van der Waals surface area (Å²) in [5.41, 5.74) is 8.53. The van der Waals surface area contributed by atoms with Crippen molar-refractivity contribution in [1.29, 1.82) is 0 Å². The predicted octanol–water partition coefficient (Wildman–Crippen LogP) is 4.44. The van der Waals surface area contributed by atoms with E-state index in [4.69, 9.17) is 5.73 Å². The van der Waals surface area contributed by atoms with E-state index < -0.39 is 10.0 Å². The number of anilines is 2. The van der Waals surface area contributed by atoms with Gasteiger partial charge in [0.25, 0.3) is 10.0 Å². The van der Waals surface area contributed by atoms with Crippen LogP contribution in [0.2, 0.25) is 0 Å². The lowest BCUT2D eigenvalue weighted by Gasteiger charge is -2.21. The largest absolute Gasteiger partial charge is 0.368 e. The van der Waals surface area contributed by atoms with Crippen LogP contribution < -0.4 is 11.1 Å². The molecule has 0 aliphatic heterocycles. The summed E-state index contributed by atoms with van der Waals surface area (Å²) in [6.45, 7) is 7.98. The molecule has 4 rings (SSSR count). The van der Waals surface area contributed by atoms with Gasteiger partial charge in [-0.1, -0.05) is 35.9 Å². The molecule has 2 aromatic heterocycles. The third kappa shape index (κ3) is 4.11. The molecule has 0 amide bonds. The number of nitrogens with zero attached hydrogens (tertiary/aromatic N) is 3. The number of aryl methyl sites for hydroxylation is 1. The molecule has 0 aliphatic rings. The Balaban J connectivity index is 1.92. The summed E-state index contributed by atoms with van der Waals surface area (Å²) in [6.07, 6.45) is 1.60. The molecule has 0 unspecified atom stereocenters. The maximum Gasteiger partial charge on any atom is 0.268 e. The van der Waals surface area contributed by atoms with E-state index in [2.05, 4.69) is 15.3 Å². The van der Waals surface area contributed by atoms with Crippen molar-refractivity contribution in [2.24, 2.45) is 0 Å². The maximum atomic E-state index is 13.4. The first-order valence-corrected chi connectivity index (χ1v) is 11.3. The Morgan fingerprint density at radius 2 is 1.68 bits per heavy atom. The lowest BCUT2D eigenvalue weighted by molar-refractivity contribution is 0.589. The van der Waals surface area contributed by atoms with Gasteiger partial charge in [-0.05, 0) is 45.9 Å². The van der Waals surface area contributed by atoms with Crippen molar-refractivity contribution in [3.05, 3.63) is 66.4 Å². The average molecular weight is 436 g/mol. The van der Waals surface area contributed by atoms with Crippen LogP contribution in [0.1, 0.15) is 26.3 Å². The quantitative estimate of drug-likeness (QED) is 0.491. The normalized spacial score (nSPS) is 12.3. The average Bonchev–Trinajstić information content (AvgIpc) is 3.07. The van der Waals surface area contributed by atoms with E-state index in [9.17, 15) is 8.42 Å². The van der Waals surface area contributed by atoms with Gasteiger partial charge in [-0.3, -0.25) is 0 Å². The summed E-state index contributed by atoms with van der Waals surface area (Å²) in [5, 5.41) is 4.05. The molecule has 160 valence electrons.